The molecule has 0 atom stereocenters. The van der Waals surface area contributed by atoms with Gasteiger partial charge in [-0.05, 0) is 61.3 Å². The number of benzene rings is 2. The summed E-state index contributed by atoms with van der Waals surface area (Å²) in [6.07, 6.45) is -0.0713. The van der Waals surface area contributed by atoms with E-state index in [0.29, 0.717) is 16.9 Å². The molecule has 0 aliphatic carbocycles. The van der Waals surface area contributed by atoms with Crippen molar-refractivity contribution in [2.45, 2.75) is 46.1 Å². The maximum absolute atomic E-state index is 12.5. The highest BCUT2D eigenvalue weighted by molar-refractivity contribution is 7.80. The Morgan fingerprint density at radius 2 is 1.55 bits per heavy atom. The van der Waals surface area contributed by atoms with Gasteiger partial charge < -0.3 is 4.74 Å². The predicted molar refractivity (Wildman–Crippen MR) is 118 cm³/mol. The Morgan fingerprint density at radius 1 is 0.931 bits per heavy atom. The standard InChI is InChI=1S/C22H27N3O3S/c1-14(2)28-18-9-7-6-8-17(18)20(27)23-21(29)25-24-19(26)15-10-12-16(13-11-15)22(3,4)5/h6-14H,1-5H3,(H,24,26)(H2,23,25,27,29). The van der Waals surface area contributed by atoms with E-state index in [1.807, 2.05) is 26.0 Å². The van der Waals surface area contributed by atoms with Crippen LogP contribution < -0.4 is 20.9 Å². The van der Waals surface area contributed by atoms with Crippen molar-refractivity contribution in [3.05, 3.63) is 65.2 Å². The second-order valence-electron chi connectivity index (χ2n) is 7.85. The number of thiocarbonyl (C=S) groups is 1. The highest BCUT2D eigenvalue weighted by Gasteiger charge is 2.16. The van der Waals surface area contributed by atoms with E-state index < -0.39 is 5.91 Å². The van der Waals surface area contributed by atoms with Gasteiger partial charge >= 0.3 is 0 Å². The lowest BCUT2D eigenvalue weighted by Crippen LogP contribution is -2.48. The molecular formula is C22H27N3O3S. The minimum absolute atomic E-state index is 0.00861. The third-order valence-corrected chi connectivity index (χ3v) is 4.23. The third kappa shape index (κ3) is 6.57. The summed E-state index contributed by atoms with van der Waals surface area (Å²) >= 11 is 5.10. The molecule has 0 fully saturated rings. The van der Waals surface area contributed by atoms with Crippen LogP contribution in [0, 0.1) is 0 Å². The van der Waals surface area contributed by atoms with E-state index in [4.69, 9.17) is 17.0 Å². The van der Waals surface area contributed by atoms with Gasteiger partial charge in [0.15, 0.2) is 5.11 Å². The molecule has 29 heavy (non-hydrogen) atoms. The predicted octanol–water partition coefficient (Wildman–Crippen LogP) is 3.72. The first-order valence-electron chi connectivity index (χ1n) is 9.36. The highest BCUT2D eigenvalue weighted by atomic mass is 32.1. The van der Waals surface area contributed by atoms with Gasteiger partial charge in [0.05, 0.1) is 11.7 Å². The molecule has 0 aliphatic heterocycles. The molecule has 7 heteroatoms. The first kappa shape index (κ1) is 22.4. The molecule has 3 N–H and O–H groups in total. The number of para-hydroxylation sites is 1. The van der Waals surface area contributed by atoms with Crippen molar-refractivity contribution in [3.8, 4) is 5.75 Å². The number of nitrogens with one attached hydrogen (secondary N) is 3. The van der Waals surface area contributed by atoms with Gasteiger partial charge in [-0.15, -0.1) is 0 Å². The summed E-state index contributed by atoms with van der Waals surface area (Å²) in [6.45, 7) is 10.1. The van der Waals surface area contributed by atoms with Gasteiger partial charge in [0, 0.05) is 5.56 Å². The smallest absolute Gasteiger partial charge is 0.269 e. The molecule has 0 heterocycles. The van der Waals surface area contributed by atoms with Crippen LogP contribution in [0.4, 0.5) is 0 Å². The second kappa shape index (κ2) is 9.52. The summed E-state index contributed by atoms with van der Waals surface area (Å²) in [4.78, 5) is 24.7. The van der Waals surface area contributed by atoms with Crippen molar-refractivity contribution in [2.75, 3.05) is 0 Å². The number of carbonyl (C=O) groups excluding carboxylic acids is 2. The minimum Gasteiger partial charge on any atom is -0.490 e. The number of hydrogen-bond donors (Lipinski definition) is 3. The fraction of sp³-hybridized carbons (Fsp3) is 0.318. The van der Waals surface area contributed by atoms with Crippen molar-refractivity contribution >= 4 is 29.1 Å². The summed E-state index contributed by atoms with van der Waals surface area (Å²) in [5.74, 6) is -0.320. The number of hydrogen-bond acceptors (Lipinski definition) is 4. The number of hydrazine groups is 1. The topological polar surface area (TPSA) is 79.5 Å². The van der Waals surface area contributed by atoms with Crippen molar-refractivity contribution < 1.29 is 14.3 Å². The zero-order chi connectivity index (χ0) is 21.6. The van der Waals surface area contributed by atoms with Crippen LogP contribution in [-0.2, 0) is 5.41 Å². The molecule has 0 aromatic heterocycles. The number of ether oxygens (including phenoxy) is 1. The Kier molecular flexibility index (Phi) is 7.34. The molecule has 0 saturated carbocycles. The van der Waals surface area contributed by atoms with Crippen LogP contribution in [0.25, 0.3) is 0 Å². The summed E-state index contributed by atoms with van der Waals surface area (Å²) in [5, 5.41) is 2.51. The average Bonchev–Trinajstić information content (AvgIpc) is 2.65. The molecule has 2 aromatic rings. The molecule has 6 nitrogen and oxygen atoms in total. The maximum Gasteiger partial charge on any atom is 0.269 e. The van der Waals surface area contributed by atoms with Crippen LogP contribution in [-0.4, -0.2) is 23.0 Å². The number of rotatable bonds is 4. The highest BCUT2D eigenvalue weighted by Crippen LogP contribution is 2.22. The monoisotopic (exact) mass is 413 g/mol. The molecule has 0 aliphatic rings. The molecule has 154 valence electrons. The molecule has 2 rings (SSSR count). The lowest BCUT2D eigenvalue weighted by Gasteiger charge is -2.19. The van der Waals surface area contributed by atoms with Crippen LogP contribution in [0.5, 0.6) is 5.75 Å². The SMILES string of the molecule is CC(C)Oc1ccccc1C(=O)NC(=S)NNC(=O)c1ccc(C(C)(C)C)cc1. The van der Waals surface area contributed by atoms with E-state index in [9.17, 15) is 9.59 Å². The number of amides is 2. The van der Waals surface area contributed by atoms with E-state index >= 15 is 0 Å². The zero-order valence-electron chi connectivity index (χ0n) is 17.3. The van der Waals surface area contributed by atoms with Gasteiger partial charge in [-0.1, -0.05) is 45.0 Å². The van der Waals surface area contributed by atoms with Crippen LogP contribution >= 0.6 is 12.2 Å². The lowest BCUT2D eigenvalue weighted by atomic mass is 9.87. The summed E-state index contributed by atoms with van der Waals surface area (Å²) in [7, 11) is 0. The maximum atomic E-state index is 12.5. The zero-order valence-corrected chi connectivity index (χ0v) is 18.1. The fourth-order valence-electron chi connectivity index (χ4n) is 2.52. The molecule has 0 saturated heterocycles. The molecule has 0 unspecified atom stereocenters. The van der Waals surface area contributed by atoms with Crippen molar-refractivity contribution in [1.82, 2.24) is 16.2 Å². The van der Waals surface area contributed by atoms with Crippen LogP contribution in [0.1, 0.15) is 60.9 Å². The van der Waals surface area contributed by atoms with E-state index in [1.54, 1.807) is 36.4 Å². The van der Waals surface area contributed by atoms with Crippen LogP contribution in [0.15, 0.2) is 48.5 Å². The lowest BCUT2D eigenvalue weighted by molar-refractivity contribution is 0.0933. The Balaban J connectivity index is 1.93. The number of carbonyl (C=O) groups is 2. The Hall–Kier alpha value is -2.93. The van der Waals surface area contributed by atoms with E-state index in [0.717, 1.165) is 5.56 Å². The van der Waals surface area contributed by atoms with Crippen LogP contribution in [0.2, 0.25) is 0 Å². The molecule has 0 radical (unpaired) electrons. The second-order valence-corrected chi connectivity index (χ2v) is 8.26. The first-order valence-corrected chi connectivity index (χ1v) is 9.76. The summed E-state index contributed by atoms with van der Waals surface area (Å²) < 4.78 is 5.64. The Morgan fingerprint density at radius 3 is 2.14 bits per heavy atom. The van der Waals surface area contributed by atoms with Gasteiger partial charge in [-0.2, -0.15) is 0 Å². The molecular weight excluding hydrogens is 386 g/mol. The fourth-order valence-corrected chi connectivity index (χ4v) is 2.66. The van der Waals surface area contributed by atoms with Gasteiger partial charge in [0.1, 0.15) is 5.75 Å². The Labute approximate surface area is 177 Å². The minimum atomic E-state index is -0.428. The Bertz CT molecular complexity index is 887. The molecule has 0 spiro atoms. The van der Waals surface area contributed by atoms with Crippen molar-refractivity contribution in [3.63, 3.8) is 0 Å². The van der Waals surface area contributed by atoms with E-state index in [1.165, 1.54) is 0 Å². The molecule has 2 amide bonds. The van der Waals surface area contributed by atoms with Crippen LogP contribution in [0.3, 0.4) is 0 Å². The van der Waals surface area contributed by atoms with Gasteiger partial charge in [-0.25, -0.2) is 0 Å². The largest absolute Gasteiger partial charge is 0.490 e. The van der Waals surface area contributed by atoms with E-state index in [2.05, 4.69) is 36.9 Å². The average molecular weight is 414 g/mol. The molecule has 0 bridgehead atoms. The summed E-state index contributed by atoms with van der Waals surface area (Å²) in [5.41, 5.74) is 7.01. The first-order chi connectivity index (χ1) is 13.6. The molecule has 2 aromatic carbocycles. The van der Waals surface area contributed by atoms with Gasteiger partial charge in [0.2, 0.25) is 0 Å². The van der Waals surface area contributed by atoms with E-state index in [-0.39, 0.29) is 22.5 Å². The van der Waals surface area contributed by atoms with Gasteiger partial charge in [-0.3, -0.25) is 25.8 Å². The quantitative estimate of drug-likeness (QED) is 0.526. The van der Waals surface area contributed by atoms with Crippen molar-refractivity contribution in [1.29, 1.82) is 0 Å². The normalized spacial score (nSPS) is 11.0. The van der Waals surface area contributed by atoms with Gasteiger partial charge in [0.25, 0.3) is 11.8 Å². The van der Waals surface area contributed by atoms with Crippen molar-refractivity contribution in [2.24, 2.45) is 0 Å². The third-order valence-electron chi connectivity index (χ3n) is 4.02. The summed E-state index contributed by atoms with van der Waals surface area (Å²) in [6, 6.07) is 14.2.